The third-order valence-electron chi connectivity index (χ3n) is 7.00. The summed E-state index contributed by atoms with van der Waals surface area (Å²) in [5.41, 5.74) is 5.42. The Morgan fingerprint density at radius 1 is 1.13 bits per heavy atom. The summed E-state index contributed by atoms with van der Waals surface area (Å²) in [5.74, 6) is 3.31. The fraction of sp³-hybridized carbons (Fsp3) is 0.241. The van der Waals surface area contributed by atoms with Crippen LogP contribution in [0.15, 0.2) is 66.0 Å². The van der Waals surface area contributed by atoms with Crippen molar-refractivity contribution < 1.29 is 45.6 Å². The number of aromatic amines is 1. The number of nitrogens with zero attached hydrogens (tertiary/aromatic N) is 2. The Morgan fingerprint density at radius 2 is 1.97 bits per heavy atom. The van der Waals surface area contributed by atoms with Crippen LogP contribution in [0.25, 0.3) is 33.1 Å². The summed E-state index contributed by atoms with van der Waals surface area (Å²) in [4.78, 5) is 7.84. The maximum atomic E-state index is 10.7. The number of methoxy groups -OCH3 is 1. The van der Waals surface area contributed by atoms with Crippen molar-refractivity contribution in [3.63, 3.8) is 0 Å². The third kappa shape index (κ3) is 4.77. The molecule has 4 heterocycles. The lowest BCUT2D eigenvalue weighted by molar-refractivity contribution is -0.686. The number of hydrogen-bond acceptors (Lipinski definition) is 7. The smallest absolute Gasteiger partial charge is 0.231 e. The van der Waals surface area contributed by atoms with Gasteiger partial charge in [-0.05, 0) is 47.3 Å². The number of aromatic nitrogens is 3. The number of aryl methyl sites for hydroxylation is 2. The topological polar surface area (TPSA) is 89.7 Å². The lowest BCUT2D eigenvalue weighted by Crippen LogP contribution is -3.00. The highest BCUT2D eigenvalue weighted by Gasteiger charge is 2.28. The van der Waals surface area contributed by atoms with Crippen LogP contribution in [0.5, 0.6) is 23.0 Å². The van der Waals surface area contributed by atoms with E-state index in [0.29, 0.717) is 17.3 Å². The van der Waals surface area contributed by atoms with E-state index in [0.717, 1.165) is 62.7 Å². The van der Waals surface area contributed by atoms with Gasteiger partial charge in [0.25, 0.3) is 0 Å². The number of aliphatic hydroxyl groups is 1. The maximum Gasteiger partial charge on any atom is 0.231 e. The second-order valence-corrected chi connectivity index (χ2v) is 10.4. The largest absolute Gasteiger partial charge is 1.00 e. The number of fused-ring (bicyclic) bond motifs is 6. The van der Waals surface area contributed by atoms with Crippen LogP contribution in [0, 0.1) is 0 Å². The average molecular weight is 609 g/mol. The van der Waals surface area contributed by atoms with E-state index >= 15 is 0 Å². The second kappa shape index (κ2) is 10.6. The van der Waals surface area contributed by atoms with Crippen molar-refractivity contribution in [1.82, 2.24) is 9.97 Å². The zero-order valence-corrected chi connectivity index (χ0v) is 23.5. The number of imidazole rings is 1. The Hall–Kier alpha value is -3.47. The minimum Gasteiger partial charge on any atom is -1.00 e. The van der Waals surface area contributed by atoms with Gasteiger partial charge in [0.15, 0.2) is 40.9 Å². The van der Waals surface area contributed by atoms with Gasteiger partial charge in [0.2, 0.25) is 12.5 Å². The van der Waals surface area contributed by atoms with E-state index in [9.17, 15) is 5.11 Å². The molecule has 8 nitrogen and oxygen atoms in total. The van der Waals surface area contributed by atoms with Crippen molar-refractivity contribution >= 4 is 33.6 Å². The molecule has 0 amide bonds. The summed E-state index contributed by atoms with van der Waals surface area (Å²) in [6, 6.07) is 18.2. The molecule has 1 unspecified atom stereocenters. The van der Waals surface area contributed by atoms with Crippen LogP contribution in [0.3, 0.4) is 0 Å². The minimum atomic E-state index is -0.686. The summed E-state index contributed by atoms with van der Waals surface area (Å²) in [5, 5.41) is 13.5. The Labute approximate surface area is 239 Å². The fourth-order valence-corrected chi connectivity index (χ4v) is 5.90. The molecule has 3 aromatic carbocycles. The Balaban J connectivity index is 0.00000277. The first-order chi connectivity index (χ1) is 18.7. The van der Waals surface area contributed by atoms with Gasteiger partial charge >= 0.3 is 0 Å². The monoisotopic (exact) mass is 607 g/mol. The second-order valence-electron chi connectivity index (χ2n) is 9.40. The van der Waals surface area contributed by atoms with Crippen molar-refractivity contribution in [2.24, 2.45) is 0 Å². The molecule has 10 heteroatoms. The predicted molar refractivity (Wildman–Crippen MR) is 144 cm³/mol. The van der Waals surface area contributed by atoms with Crippen LogP contribution in [0.1, 0.15) is 5.56 Å². The van der Waals surface area contributed by atoms with Crippen LogP contribution in [0.2, 0.25) is 0 Å². The van der Waals surface area contributed by atoms with Crippen LogP contribution in [-0.2, 0) is 13.0 Å². The first-order valence-electron chi connectivity index (χ1n) is 12.5. The number of pyridine rings is 1. The molecule has 0 bridgehead atoms. The van der Waals surface area contributed by atoms with E-state index in [1.165, 1.54) is 17.3 Å². The lowest BCUT2D eigenvalue weighted by atomic mass is 9.95. The van der Waals surface area contributed by atoms with Gasteiger partial charge in [0.1, 0.15) is 6.61 Å². The van der Waals surface area contributed by atoms with Gasteiger partial charge in [-0.25, -0.2) is 4.98 Å². The highest BCUT2D eigenvalue weighted by atomic mass is 79.9. The molecular formula is C29H26BrN3O5S. The number of thioether (sulfide) groups is 1. The fourth-order valence-electron chi connectivity index (χ4n) is 5.11. The molecule has 1 atom stereocenters. The van der Waals surface area contributed by atoms with Gasteiger partial charge in [-0.1, -0.05) is 23.9 Å². The van der Waals surface area contributed by atoms with E-state index in [1.54, 1.807) is 7.11 Å². The molecule has 0 saturated heterocycles. The summed E-state index contributed by atoms with van der Waals surface area (Å²) >= 11 is 1.47. The molecule has 0 fully saturated rings. The van der Waals surface area contributed by atoms with E-state index < -0.39 is 6.10 Å². The van der Waals surface area contributed by atoms with Crippen LogP contribution in [0.4, 0.5) is 0 Å². The Morgan fingerprint density at radius 3 is 2.82 bits per heavy atom. The SMILES string of the molecule is COc1ccc2cc3[n+](cc2c1OCC(O)CSc1nc2ccccc2[nH]1)CCc1cc2c(cc1-3)OCO2.[Br-]. The van der Waals surface area contributed by atoms with Gasteiger partial charge in [-0.2, -0.15) is 4.57 Å². The highest BCUT2D eigenvalue weighted by molar-refractivity contribution is 7.99. The van der Waals surface area contributed by atoms with E-state index in [4.69, 9.17) is 18.9 Å². The standard InChI is InChI=1S/C29H26N3O5S.BrH/c1-34-25-7-6-17-10-24-20-12-27-26(36-16-37-27)11-18(20)8-9-32(24)13-21(17)28(25)35-14-19(33)15-38-29-30-22-4-2-3-5-23(22)31-29;/h2-7,10-13,19,33H,8-9,14-16H2,1H3,(H,30,31);1H/q+1;/p-1. The van der Waals surface area contributed by atoms with Gasteiger partial charge in [-0.3, -0.25) is 0 Å². The average Bonchev–Trinajstić information content (AvgIpc) is 3.58. The summed E-state index contributed by atoms with van der Waals surface area (Å²) < 4.78 is 25.3. The number of ether oxygens (including phenoxy) is 4. The summed E-state index contributed by atoms with van der Waals surface area (Å²) in [7, 11) is 1.63. The quantitative estimate of drug-likeness (QED) is 0.214. The van der Waals surface area contributed by atoms with Gasteiger partial charge < -0.3 is 46.0 Å². The van der Waals surface area contributed by atoms with Crippen molar-refractivity contribution in [2.75, 3.05) is 26.3 Å². The number of nitrogens with one attached hydrogen (secondary N) is 1. The zero-order chi connectivity index (χ0) is 25.6. The molecule has 0 aliphatic carbocycles. The molecule has 39 heavy (non-hydrogen) atoms. The number of hydrogen-bond donors (Lipinski definition) is 2. The van der Waals surface area contributed by atoms with Crippen LogP contribution in [-0.4, -0.2) is 47.4 Å². The molecule has 0 spiro atoms. The number of para-hydroxylation sites is 2. The number of benzene rings is 3. The molecular weight excluding hydrogens is 582 g/mol. The van der Waals surface area contributed by atoms with Crippen LogP contribution >= 0.6 is 11.8 Å². The number of aliphatic hydroxyl groups excluding tert-OH is 1. The number of halogens is 1. The first kappa shape index (κ1) is 25.8. The summed E-state index contributed by atoms with van der Waals surface area (Å²) in [6.45, 7) is 1.24. The van der Waals surface area contributed by atoms with E-state index in [2.05, 4.69) is 38.9 Å². The van der Waals surface area contributed by atoms with Crippen molar-refractivity contribution in [1.29, 1.82) is 0 Å². The van der Waals surface area contributed by atoms with Gasteiger partial charge in [0, 0.05) is 18.2 Å². The Bertz CT molecular complexity index is 1660. The van der Waals surface area contributed by atoms with E-state index in [1.807, 2.05) is 36.4 Å². The zero-order valence-electron chi connectivity index (χ0n) is 21.1. The van der Waals surface area contributed by atoms with Gasteiger partial charge in [-0.15, -0.1) is 0 Å². The van der Waals surface area contributed by atoms with Crippen molar-refractivity contribution in [2.45, 2.75) is 24.2 Å². The number of H-pyrrole nitrogens is 1. The van der Waals surface area contributed by atoms with Crippen LogP contribution < -0.4 is 40.5 Å². The first-order valence-corrected chi connectivity index (χ1v) is 13.5. The normalized spacial score (nSPS) is 14.0. The molecule has 0 radical (unpaired) electrons. The third-order valence-corrected chi connectivity index (χ3v) is 8.01. The molecule has 2 N–H and O–H groups in total. The molecule has 7 rings (SSSR count). The molecule has 2 aliphatic rings. The predicted octanol–water partition coefficient (Wildman–Crippen LogP) is 1.50. The molecule has 2 aliphatic heterocycles. The summed E-state index contributed by atoms with van der Waals surface area (Å²) in [6.07, 6.45) is 2.33. The van der Waals surface area contributed by atoms with E-state index in [-0.39, 0.29) is 30.4 Å². The molecule has 2 aromatic heterocycles. The number of rotatable bonds is 7. The molecule has 5 aromatic rings. The highest BCUT2D eigenvalue weighted by Crippen LogP contribution is 2.41. The minimum absolute atomic E-state index is 0. The van der Waals surface area contributed by atoms with Crippen molar-refractivity contribution in [3.05, 3.63) is 66.4 Å². The lowest BCUT2D eigenvalue weighted by Gasteiger charge is -2.18. The van der Waals surface area contributed by atoms with Crippen molar-refractivity contribution in [3.8, 4) is 34.3 Å². The molecule has 200 valence electrons. The van der Waals surface area contributed by atoms with Gasteiger partial charge in [0.05, 0.1) is 35.2 Å². The molecule has 0 saturated carbocycles. The Kier molecular flexibility index (Phi) is 7.01. The maximum absolute atomic E-state index is 10.7.